The highest BCUT2D eigenvalue weighted by Gasteiger charge is 2.19. The number of aromatic nitrogens is 2. The van der Waals surface area contributed by atoms with Gasteiger partial charge in [-0.25, -0.2) is 17.5 Å². The van der Waals surface area contributed by atoms with Crippen LogP contribution in [-0.4, -0.2) is 18.6 Å². The van der Waals surface area contributed by atoms with E-state index in [-0.39, 0.29) is 23.0 Å². The molecule has 0 aliphatic rings. The first-order valence-electron chi connectivity index (χ1n) is 5.22. The molecule has 0 saturated heterocycles. The number of aryl methyl sites for hydroxylation is 1. The van der Waals surface area contributed by atoms with Crippen molar-refractivity contribution in [2.45, 2.75) is 18.4 Å². The second-order valence-corrected chi connectivity index (χ2v) is 5.48. The average molecular weight is 286 g/mol. The Morgan fingerprint density at radius 3 is 2.84 bits per heavy atom. The monoisotopic (exact) mass is 286 g/mol. The van der Waals surface area contributed by atoms with Crippen molar-refractivity contribution in [2.24, 2.45) is 0 Å². The van der Waals surface area contributed by atoms with Crippen LogP contribution < -0.4 is 10.5 Å². The fourth-order valence-corrected chi connectivity index (χ4v) is 2.50. The second-order valence-electron chi connectivity index (χ2n) is 3.74. The molecule has 9 heteroatoms. The summed E-state index contributed by atoms with van der Waals surface area (Å²) in [6.45, 7) is 1.41. The maximum Gasteiger partial charge on any atom is 0.243 e. The third-order valence-electron chi connectivity index (χ3n) is 2.25. The fourth-order valence-electron chi connectivity index (χ4n) is 1.39. The number of sulfonamides is 1. The van der Waals surface area contributed by atoms with E-state index in [0.29, 0.717) is 5.82 Å². The normalized spacial score (nSPS) is 11.7. The molecule has 102 valence electrons. The minimum atomic E-state index is -3.95. The lowest BCUT2D eigenvalue weighted by Gasteiger charge is -2.07. The SMILES string of the molecule is Cc1noc(CNS(=O)(=O)c2cc(F)ccc2N)n1. The highest BCUT2D eigenvalue weighted by molar-refractivity contribution is 7.89. The van der Waals surface area contributed by atoms with Crippen LogP contribution in [0.25, 0.3) is 0 Å². The third-order valence-corrected chi connectivity index (χ3v) is 3.71. The lowest BCUT2D eigenvalue weighted by molar-refractivity contribution is 0.372. The van der Waals surface area contributed by atoms with Gasteiger partial charge in [0.2, 0.25) is 15.9 Å². The van der Waals surface area contributed by atoms with E-state index < -0.39 is 15.8 Å². The molecule has 1 aromatic carbocycles. The quantitative estimate of drug-likeness (QED) is 0.795. The molecular formula is C10H11FN4O3S. The van der Waals surface area contributed by atoms with Gasteiger partial charge in [-0.1, -0.05) is 5.16 Å². The zero-order valence-electron chi connectivity index (χ0n) is 9.92. The van der Waals surface area contributed by atoms with Crippen LogP contribution in [0.1, 0.15) is 11.7 Å². The Bertz CT molecular complexity index is 699. The molecule has 0 radical (unpaired) electrons. The van der Waals surface area contributed by atoms with Gasteiger partial charge in [0, 0.05) is 0 Å². The van der Waals surface area contributed by atoms with Crippen LogP contribution in [0.15, 0.2) is 27.6 Å². The van der Waals surface area contributed by atoms with Crippen molar-refractivity contribution in [3.8, 4) is 0 Å². The molecular weight excluding hydrogens is 275 g/mol. The number of rotatable bonds is 4. The molecule has 0 bridgehead atoms. The zero-order chi connectivity index (χ0) is 14.0. The standard InChI is InChI=1S/C10H11FN4O3S/c1-6-14-10(18-15-6)5-13-19(16,17)9-4-7(11)2-3-8(9)12/h2-4,13H,5,12H2,1H3. The van der Waals surface area contributed by atoms with E-state index >= 15 is 0 Å². The van der Waals surface area contributed by atoms with E-state index in [9.17, 15) is 12.8 Å². The van der Waals surface area contributed by atoms with Crippen LogP contribution in [0.5, 0.6) is 0 Å². The molecule has 0 spiro atoms. The van der Waals surface area contributed by atoms with Gasteiger partial charge in [-0.2, -0.15) is 4.98 Å². The number of halogens is 1. The summed E-state index contributed by atoms with van der Waals surface area (Å²) < 4.78 is 43.9. The van der Waals surface area contributed by atoms with Gasteiger partial charge < -0.3 is 10.3 Å². The van der Waals surface area contributed by atoms with Crippen molar-refractivity contribution in [3.63, 3.8) is 0 Å². The number of nitrogen functional groups attached to an aromatic ring is 1. The molecule has 0 amide bonds. The van der Waals surface area contributed by atoms with Gasteiger partial charge in [-0.15, -0.1) is 0 Å². The van der Waals surface area contributed by atoms with Gasteiger partial charge in [0.1, 0.15) is 10.7 Å². The molecule has 0 fully saturated rings. The molecule has 3 N–H and O–H groups in total. The summed E-state index contributed by atoms with van der Waals surface area (Å²) in [7, 11) is -3.95. The summed E-state index contributed by atoms with van der Waals surface area (Å²) in [4.78, 5) is 3.51. The Morgan fingerprint density at radius 2 is 2.21 bits per heavy atom. The summed E-state index contributed by atoms with van der Waals surface area (Å²) in [5, 5.41) is 3.52. The van der Waals surface area contributed by atoms with E-state index in [0.717, 1.165) is 12.1 Å². The molecule has 2 rings (SSSR count). The molecule has 0 aliphatic heterocycles. The maximum absolute atomic E-state index is 13.1. The first kappa shape index (κ1) is 13.4. The van der Waals surface area contributed by atoms with E-state index in [1.165, 1.54) is 6.07 Å². The van der Waals surface area contributed by atoms with Crippen LogP contribution in [0.4, 0.5) is 10.1 Å². The van der Waals surface area contributed by atoms with Gasteiger partial charge >= 0.3 is 0 Å². The topological polar surface area (TPSA) is 111 Å². The predicted octanol–water partition coefficient (Wildman–Crippen LogP) is 0.578. The number of hydrogen-bond donors (Lipinski definition) is 2. The third kappa shape index (κ3) is 3.06. The molecule has 1 aromatic heterocycles. The molecule has 2 aromatic rings. The van der Waals surface area contributed by atoms with E-state index in [1.54, 1.807) is 6.92 Å². The van der Waals surface area contributed by atoms with E-state index in [4.69, 9.17) is 10.3 Å². The summed E-state index contributed by atoms with van der Waals surface area (Å²) >= 11 is 0. The van der Waals surface area contributed by atoms with Gasteiger partial charge in [-0.05, 0) is 25.1 Å². The van der Waals surface area contributed by atoms with Crippen molar-refractivity contribution in [1.82, 2.24) is 14.9 Å². The van der Waals surface area contributed by atoms with Crippen molar-refractivity contribution < 1.29 is 17.3 Å². The minimum absolute atomic E-state index is 0.0457. The first-order chi connectivity index (χ1) is 8.88. The van der Waals surface area contributed by atoms with Gasteiger partial charge in [0.05, 0.1) is 12.2 Å². The fraction of sp³-hybridized carbons (Fsp3) is 0.200. The number of nitrogens with two attached hydrogens (primary N) is 1. The molecule has 0 saturated carbocycles. The lowest BCUT2D eigenvalue weighted by atomic mass is 10.3. The average Bonchev–Trinajstić information content (AvgIpc) is 2.76. The Hall–Kier alpha value is -2.00. The summed E-state index contributed by atoms with van der Waals surface area (Å²) in [6.07, 6.45) is 0. The van der Waals surface area contributed by atoms with Gasteiger partial charge in [0.25, 0.3) is 0 Å². The molecule has 0 unspecified atom stereocenters. The zero-order valence-corrected chi connectivity index (χ0v) is 10.7. The van der Waals surface area contributed by atoms with Crippen molar-refractivity contribution >= 4 is 15.7 Å². The van der Waals surface area contributed by atoms with Crippen LogP contribution in [0.3, 0.4) is 0 Å². The van der Waals surface area contributed by atoms with Crippen LogP contribution in [0, 0.1) is 12.7 Å². The highest BCUT2D eigenvalue weighted by atomic mass is 32.2. The number of anilines is 1. The Kier molecular flexibility index (Phi) is 3.49. The first-order valence-corrected chi connectivity index (χ1v) is 6.71. The predicted molar refractivity (Wildman–Crippen MR) is 63.9 cm³/mol. The van der Waals surface area contributed by atoms with E-state index in [1.807, 2.05) is 0 Å². The Labute approximate surface area is 108 Å². The van der Waals surface area contributed by atoms with Crippen molar-refractivity contribution in [2.75, 3.05) is 5.73 Å². The largest absolute Gasteiger partial charge is 0.398 e. The number of nitrogens with one attached hydrogen (secondary N) is 1. The Morgan fingerprint density at radius 1 is 1.47 bits per heavy atom. The van der Waals surface area contributed by atoms with Crippen molar-refractivity contribution in [3.05, 3.63) is 35.7 Å². The number of nitrogens with zero attached hydrogens (tertiary/aromatic N) is 2. The second kappa shape index (κ2) is 4.94. The highest BCUT2D eigenvalue weighted by Crippen LogP contribution is 2.19. The smallest absolute Gasteiger partial charge is 0.243 e. The summed E-state index contributed by atoms with van der Waals surface area (Å²) in [5.41, 5.74) is 5.47. The van der Waals surface area contributed by atoms with Gasteiger partial charge in [0.15, 0.2) is 5.82 Å². The summed E-state index contributed by atoms with van der Waals surface area (Å²) in [6, 6.07) is 3.10. The molecule has 0 atom stereocenters. The number of benzene rings is 1. The molecule has 1 heterocycles. The minimum Gasteiger partial charge on any atom is -0.398 e. The lowest BCUT2D eigenvalue weighted by Crippen LogP contribution is -2.24. The Balaban J connectivity index is 2.20. The molecule has 0 aliphatic carbocycles. The van der Waals surface area contributed by atoms with Crippen LogP contribution in [0.2, 0.25) is 0 Å². The summed E-state index contributed by atoms with van der Waals surface area (Å²) in [5.74, 6) is -0.196. The van der Waals surface area contributed by atoms with Crippen molar-refractivity contribution in [1.29, 1.82) is 0 Å². The number of hydrogen-bond acceptors (Lipinski definition) is 6. The van der Waals surface area contributed by atoms with Crippen LogP contribution in [-0.2, 0) is 16.6 Å². The van der Waals surface area contributed by atoms with Crippen LogP contribution >= 0.6 is 0 Å². The van der Waals surface area contributed by atoms with Gasteiger partial charge in [-0.3, -0.25) is 0 Å². The molecule has 7 nitrogen and oxygen atoms in total. The maximum atomic E-state index is 13.1. The van der Waals surface area contributed by atoms with E-state index in [2.05, 4.69) is 14.9 Å². The molecule has 19 heavy (non-hydrogen) atoms.